The molecular formula is C24H17N3O2S. The van der Waals surface area contributed by atoms with Gasteiger partial charge in [-0.25, -0.2) is 4.98 Å². The second kappa shape index (κ2) is 7.93. The average molecular weight is 411 g/mol. The Bertz CT molecular complexity index is 1310. The van der Waals surface area contributed by atoms with E-state index in [1.807, 2.05) is 72.1 Å². The molecule has 3 aromatic carbocycles. The third kappa shape index (κ3) is 3.60. The summed E-state index contributed by atoms with van der Waals surface area (Å²) in [6.45, 7) is 0.473. The Balaban J connectivity index is 1.42. The van der Waals surface area contributed by atoms with Crippen LogP contribution in [0.4, 0.5) is 0 Å². The number of benzene rings is 3. The van der Waals surface area contributed by atoms with Gasteiger partial charge >= 0.3 is 0 Å². The Morgan fingerprint density at radius 1 is 0.967 bits per heavy atom. The molecule has 5 aromatic rings. The quantitative estimate of drug-likeness (QED) is 0.412. The van der Waals surface area contributed by atoms with Crippen molar-refractivity contribution in [1.82, 2.24) is 15.5 Å². The van der Waals surface area contributed by atoms with Gasteiger partial charge in [0.1, 0.15) is 16.4 Å². The smallest absolute Gasteiger partial charge is 0.251 e. The van der Waals surface area contributed by atoms with Crippen LogP contribution >= 0.6 is 11.3 Å². The maximum absolute atomic E-state index is 12.6. The Morgan fingerprint density at radius 2 is 1.73 bits per heavy atom. The Labute approximate surface area is 177 Å². The first-order valence-corrected chi connectivity index (χ1v) is 10.4. The summed E-state index contributed by atoms with van der Waals surface area (Å²) in [5.41, 5.74) is 4.66. The highest BCUT2D eigenvalue weighted by atomic mass is 32.1. The lowest BCUT2D eigenvalue weighted by molar-refractivity contribution is 0.0951. The lowest BCUT2D eigenvalue weighted by atomic mass is 10.1. The fourth-order valence-corrected chi connectivity index (χ4v) is 4.05. The molecule has 0 spiro atoms. The van der Waals surface area contributed by atoms with Gasteiger partial charge in [0.2, 0.25) is 0 Å². The van der Waals surface area contributed by atoms with Gasteiger partial charge in [0, 0.05) is 23.1 Å². The fourth-order valence-electron chi connectivity index (χ4n) is 3.24. The van der Waals surface area contributed by atoms with Crippen molar-refractivity contribution in [2.75, 3.05) is 0 Å². The SMILES string of the molecule is O=C(NCc1ccccc1)c1ccc2onc(-c3csc(-c4ccccc4)n3)c2c1. The number of hydrogen-bond acceptors (Lipinski definition) is 5. The molecule has 0 aliphatic heterocycles. The lowest BCUT2D eigenvalue weighted by Crippen LogP contribution is -2.22. The number of aromatic nitrogens is 2. The second-order valence-corrected chi connectivity index (χ2v) is 7.67. The van der Waals surface area contributed by atoms with Crippen molar-refractivity contribution in [1.29, 1.82) is 0 Å². The Morgan fingerprint density at radius 3 is 2.53 bits per heavy atom. The second-order valence-electron chi connectivity index (χ2n) is 6.81. The summed E-state index contributed by atoms with van der Waals surface area (Å²) in [5.74, 6) is -0.142. The van der Waals surface area contributed by atoms with Crippen molar-refractivity contribution >= 4 is 28.2 Å². The molecule has 2 aromatic heterocycles. The van der Waals surface area contributed by atoms with Crippen LogP contribution in [0.1, 0.15) is 15.9 Å². The van der Waals surface area contributed by atoms with E-state index in [0.29, 0.717) is 23.4 Å². The minimum atomic E-state index is -0.142. The molecule has 0 aliphatic carbocycles. The molecular weight excluding hydrogens is 394 g/mol. The van der Waals surface area contributed by atoms with E-state index in [9.17, 15) is 4.79 Å². The van der Waals surface area contributed by atoms with Gasteiger partial charge in [-0.3, -0.25) is 4.79 Å². The molecule has 0 atom stereocenters. The van der Waals surface area contributed by atoms with E-state index < -0.39 is 0 Å². The molecule has 0 unspecified atom stereocenters. The largest absolute Gasteiger partial charge is 0.356 e. The highest BCUT2D eigenvalue weighted by molar-refractivity contribution is 7.13. The first-order chi connectivity index (χ1) is 14.8. The summed E-state index contributed by atoms with van der Waals surface area (Å²) in [7, 11) is 0. The van der Waals surface area contributed by atoms with Gasteiger partial charge in [-0.1, -0.05) is 65.8 Å². The van der Waals surface area contributed by atoms with Crippen LogP contribution in [-0.4, -0.2) is 16.0 Å². The fraction of sp³-hybridized carbons (Fsp3) is 0.0417. The molecule has 0 bridgehead atoms. The van der Waals surface area contributed by atoms with Crippen LogP contribution in [0, 0.1) is 0 Å². The maximum atomic E-state index is 12.6. The number of nitrogens with zero attached hydrogens (tertiary/aromatic N) is 2. The number of hydrogen-bond donors (Lipinski definition) is 1. The standard InChI is InChI=1S/C24H17N3O2S/c28-23(25-14-16-7-3-1-4-8-16)18-11-12-21-19(13-18)22(27-29-21)20-15-30-24(26-20)17-9-5-2-6-10-17/h1-13,15H,14H2,(H,25,28). The summed E-state index contributed by atoms with van der Waals surface area (Å²) in [5, 5.41) is 10.8. The number of amides is 1. The van der Waals surface area contributed by atoms with Crippen LogP contribution in [0.3, 0.4) is 0 Å². The number of carbonyl (C=O) groups excluding carboxylic acids is 1. The summed E-state index contributed by atoms with van der Waals surface area (Å²) < 4.78 is 5.47. The minimum Gasteiger partial charge on any atom is -0.356 e. The van der Waals surface area contributed by atoms with E-state index in [1.54, 1.807) is 23.5 Å². The molecule has 5 nitrogen and oxygen atoms in total. The molecule has 1 amide bonds. The molecule has 5 rings (SSSR count). The summed E-state index contributed by atoms with van der Waals surface area (Å²) in [6, 6.07) is 25.2. The Hall–Kier alpha value is -3.77. The van der Waals surface area contributed by atoms with Gasteiger partial charge in [0.05, 0.1) is 5.39 Å². The first kappa shape index (κ1) is 18.3. The normalized spacial score (nSPS) is 10.9. The molecule has 146 valence electrons. The zero-order valence-corrected chi connectivity index (χ0v) is 16.7. The molecule has 0 aliphatic rings. The van der Waals surface area contributed by atoms with E-state index in [-0.39, 0.29) is 5.91 Å². The highest BCUT2D eigenvalue weighted by Crippen LogP contribution is 2.32. The lowest BCUT2D eigenvalue weighted by Gasteiger charge is -2.05. The van der Waals surface area contributed by atoms with E-state index in [4.69, 9.17) is 9.51 Å². The first-order valence-electron chi connectivity index (χ1n) is 9.51. The van der Waals surface area contributed by atoms with Crippen LogP contribution in [0.25, 0.3) is 32.9 Å². The Kier molecular flexibility index (Phi) is 4.83. The van der Waals surface area contributed by atoms with Gasteiger partial charge in [0.15, 0.2) is 5.58 Å². The monoisotopic (exact) mass is 411 g/mol. The van der Waals surface area contributed by atoms with Crippen molar-refractivity contribution in [2.45, 2.75) is 6.54 Å². The summed E-state index contributed by atoms with van der Waals surface area (Å²) >= 11 is 1.55. The highest BCUT2D eigenvalue weighted by Gasteiger charge is 2.16. The molecule has 2 heterocycles. The molecule has 30 heavy (non-hydrogen) atoms. The summed E-state index contributed by atoms with van der Waals surface area (Å²) in [6.07, 6.45) is 0. The number of carbonyl (C=O) groups is 1. The van der Waals surface area contributed by atoms with Crippen molar-refractivity contribution in [2.24, 2.45) is 0 Å². The van der Waals surface area contributed by atoms with Crippen LogP contribution in [-0.2, 0) is 6.54 Å². The molecule has 0 saturated heterocycles. The predicted molar refractivity (Wildman–Crippen MR) is 118 cm³/mol. The zero-order valence-electron chi connectivity index (χ0n) is 15.9. The van der Waals surface area contributed by atoms with Crippen molar-refractivity contribution < 1.29 is 9.32 Å². The molecule has 0 radical (unpaired) electrons. The van der Waals surface area contributed by atoms with Gasteiger partial charge in [-0.15, -0.1) is 11.3 Å². The molecule has 0 saturated carbocycles. The van der Waals surface area contributed by atoms with Crippen LogP contribution < -0.4 is 5.32 Å². The van der Waals surface area contributed by atoms with Crippen molar-refractivity contribution in [3.05, 3.63) is 95.4 Å². The topological polar surface area (TPSA) is 68.0 Å². The zero-order chi connectivity index (χ0) is 20.3. The van der Waals surface area contributed by atoms with Gasteiger partial charge in [0.25, 0.3) is 5.91 Å². The van der Waals surface area contributed by atoms with Gasteiger partial charge in [-0.05, 0) is 23.8 Å². The predicted octanol–water partition coefficient (Wildman–Crippen LogP) is 5.55. The molecule has 6 heteroatoms. The number of nitrogens with one attached hydrogen (secondary N) is 1. The number of fused-ring (bicyclic) bond motifs is 1. The van der Waals surface area contributed by atoms with Gasteiger partial charge < -0.3 is 9.84 Å². The van der Waals surface area contributed by atoms with E-state index >= 15 is 0 Å². The number of rotatable bonds is 5. The van der Waals surface area contributed by atoms with Crippen molar-refractivity contribution in [3.63, 3.8) is 0 Å². The molecule has 1 N–H and O–H groups in total. The van der Waals surface area contributed by atoms with E-state index in [0.717, 1.165) is 27.2 Å². The molecule has 0 fully saturated rings. The van der Waals surface area contributed by atoms with E-state index in [2.05, 4.69) is 10.5 Å². The maximum Gasteiger partial charge on any atom is 0.251 e. The van der Waals surface area contributed by atoms with Gasteiger partial charge in [-0.2, -0.15) is 0 Å². The van der Waals surface area contributed by atoms with E-state index in [1.165, 1.54) is 0 Å². The average Bonchev–Trinajstić information content (AvgIpc) is 3.45. The third-order valence-electron chi connectivity index (χ3n) is 4.80. The minimum absolute atomic E-state index is 0.142. The van der Waals surface area contributed by atoms with Crippen LogP contribution in [0.15, 0.2) is 88.8 Å². The number of thiazole rings is 1. The van der Waals surface area contributed by atoms with Crippen molar-refractivity contribution in [3.8, 4) is 22.0 Å². The van der Waals surface area contributed by atoms with Crippen LogP contribution in [0.2, 0.25) is 0 Å². The van der Waals surface area contributed by atoms with Crippen LogP contribution in [0.5, 0.6) is 0 Å². The summed E-state index contributed by atoms with van der Waals surface area (Å²) in [4.78, 5) is 17.4. The third-order valence-corrected chi connectivity index (χ3v) is 5.69.